The number of unbranched alkanes of at least 4 members (excludes halogenated alkanes) is 1. The van der Waals surface area contributed by atoms with Gasteiger partial charge in [-0.15, -0.1) is 10.2 Å². The first kappa shape index (κ1) is 22.1. The van der Waals surface area contributed by atoms with Gasteiger partial charge in [-0.1, -0.05) is 0 Å². The van der Waals surface area contributed by atoms with Gasteiger partial charge in [0.15, 0.2) is 5.82 Å². The van der Waals surface area contributed by atoms with Crippen LogP contribution in [0.1, 0.15) is 58.2 Å². The van der Waals surface area contributed by atoms with Crippen molar-refractivity contribution in [3.63, 3.8) is 0 Å². The number of carbonyl (C=O) groups excluding carboxylic acids is 1. The second-order valence-electron chi connectivity index (χ2n) is 8.56. The molecule has 0 radical (unpaired) electrons. The zero-order valence-corrected chi connectivity index (χ0v) is 19.1. The van der Waals surface area contributed by atoms with Crippen LogP contribution in [-0.2, 0) is 4.74 Å². The normalized spacial score (nSPS) is 14.4. The molecule has 0 bridgehead atoms. The molecule has 2 heterocycles. The van der Waals surface area contributed by atoms with Crippen molar-refractivity contribution in [1.82, 2.24) is 24.9 Å². The summed E-state index contributed by atoms with van der Waals surface area (Å²) < 4.78 is 13.2. The molecule has 1 saturated carbocycles. The fourth-order valence-electron chi connectivity index (χ4n) is 4.07. The summed E-state index contributed by atoms with van der Waals surface area (Å²) in [7, 11) is 0. The maximum Gasteiger partial charge on any atom is 0.407 e. The first-order chi connectivity index (χ1) is 15.5. The van der Waals surface area contributed by atoms with Crippen LogP contribution in [0.3, 0.4) is 0 Å². The largest absolute Gasteiger partial charge is 0.491 e. The van der Waals surface area contributed by atoms with Gasteiger partial charge in [0.05, 0.1) is 17.1 Å². The molecule has 1 aliphatic carbocycles. The molecule has 4 rings (SSSR count). The monoisotopic (exact) mass is 440 g/mol. The first-order valence-electron chi connectivity index (χ1n) is 11.5. The standard InChI is InChI=1S/C23H32N6O3/c1-15(2)31-18-10-11-20-19(14-18)26-21(22-28-27-16(3)29(20)22)24-12-6-7-13-25-23(30)32-17-8-4-5-9-17/h10-11,14-15,17H,4-9,12-13H2,1-3H3,(H,24,26)(H,25,30). The van der Waals surface area contributed by atoms with Gasteiger partial charge >= 0.3 is 6.09 Å². The summed E-state index contributed by atoms with van der Waals surface area (Å²) in [6.07, 6.45) is 5.87. The number of ether oxygens (including phenoxy) is 2. The first-order valence-corrected chi connectivity index (χ1v) is 11.5. The van der Waals surface area contributed by atoms with Crippen molar-refractivity contribution >= 4 is 28.6 Å². The highest BCUT2D eigenvalue weighted by atomic mass is 16.6. The Morgan fingerprint density at radius 2 is 1.97 bits per heavy atom. The summed E-state index contributed by atoms with van der Waals surface area (Å²) >= 11 is 0. The smallest absolute Gasteiger partial charge is 0.407 e. The van der Waals surface area contributed by atoms with E-state index in [-0.39, 0.29) is 18.3 Å². The Labute approximate surface area is 187 Å². The molecule has 2 aromatic heterocycles. The van der Waals surface area contributed by atoms with Gasteiger partial charge in [-0.25, -0.2) is 9.78 Å². The van der Waals surface area contributed by atoms with Gasteiger partial charge in [-0.3, -0.25) is 4.40 Å². The van der Waals surface area contributed by atoms with Crippen molar-refractivity contribution in [1.29, 1.82) is 0 Å². The minimum Gasteiger partial charge on any atom is -0.491 e. The SMILES string of the molecule is Cc1nnc2c(NCCCCNC(=O)OC3CCCC3)nc3cc(OC(C)C)ccc3n12. The number of aryl methyl sites for hydroxylation is 1. The average molecular weight is 441 g/mol. The quantitative estimate of drug-likeness (QED) is 0.480. The van der Waals surface area contributed by atoms with Gasteiger partial charge in [-0.05, 0) is 71.4 Å². The number of aromatic nitrogens is 4. The Hall–Kier alpha value is -3.10. The third-order valence-corrected chi connectivity index (χ3v) is 5.57. The third kappa shape index (κ3) is 5.20. The number of fused-ring (bicyclic) bond motifs is 3. The van der Waals surface area contributed by atoms with Crippen molar-refractivity contribution in [3.8, 4) is 5.75 Å². The zero-order chi connectivity index (χ0) is 22.5. The number of nitrogens with one attached hydrogen (secondary N) is 2. The highest BCUT2D eigenvalue weighted by Gasteiger charge is 2.18. The Morgan fingerprint density at radius 1 is 1.19 bits per heavy atom. The number of hydrogen-bond acceptors (Lipinski definition) is 7. The lowest BCUT2D eigenvalue weighted by Crippen LogP contribution is -2.28. The molecule has 1 aromatic carbocycles. The summed E-state index contributed by atoms with van der Waals surface area (Å²) in [5, 5.41) is 14.8. The molecular formula is C23H32N6O3. The van der Waals surface area contributed by atoms with Crippen molar-refractivity contribution in [2.24, 2.45) is 0 Å². The number of carbonyl (C=O) groups is 1. The number of anilines is 1. The minimum atomic E-state index is -0.305. The molecule has 9 nitrogen and oxygen atoms in total. The molecule has 0 aliphatic heterocycles. The van der Waals surface area contributed by atoms with E-state index in [2.05, 4.69) is 20.8 Å². The summed E-state index contributed by atoms with van der Waals surface area (Å²) in [4.78, 5) is 16.6. The van der Waals surface area contributed by atoms with Crippen LogP contribution in [-0.4, -0.2) is 51.0 Å². The number of amides is 1. The molecule has 1 amide bonds. The molecular weight excluding hydrogens is 408 g/mol. The van der Waals surface area contributed by atoms with E-state index in [0.29, 0.717) is 24.6 Å². The van der Waals surface area contributed by atoms with Gasteiger partial charge in [0.1, 0.15) is 17.7 Å². The number of alkyl carbamates (subject to hydrolysis) is 1. The van der Waals surface area contributed by atoms with Gasteiger partial charge in [0, 0.05) is 19.2 Å². The van der Waals surface area contributed by atoms with Crippen LogP contribution in [0.5, 0.6) is 5.75 Å². The molecule has 172 valence electrons. The molecule has 9 heteroatoms. The van der Waals surface area contributed by atoms with Gasteiger partial charge in [0.25, 0.3) is 0 Å². The van der Waals surface area contributed by atoms with E-state index in [1.54, 1.807) is 0 Å². The highest BCUT2D eigenvalue weighted by Crippen LogP contribution is 2.25. The summed E-state index contributed by atoms with van der Waals surface area (Å²) in [6, 6.07) is 5.88. The topological polar surface area (TPSA) is 103 Å². The number of rotatable bonds is 9. The molecule has 0 atom stereocenters. The molecule has 2 N–H and O–H groups in total. The lowest BCUT2D eigenvalue weighted by molar-refractivity contribution is 0.101. The Morgan fingerprint density at radius 3 is 2.75 bits per heavy atom. The van der Waals surface area contributed by atoms with E-state index in [9.17, 15) is 4.79 Å². The van der Waals surface area contributed by atoms with Crippen LogP contribution in [0, 0.1) is 6.92 Å². The van der Waals surface area contributed by atoms with Crippen LogP contribution >= 0.6 is 0 Å². The molecule has 1 fully saturated rings. The zero-order valence-electron chi connectivity index (χ0n) is 19.1. The summed E-state index contributed by atoms with van der Waals surface area (Å²) in [5.74, 6) is 2.28. The maximum atomic E-state index is 11.8. The van der Waals surface area contributed by atoms with Crippen LogP contribution < -0.4 is 15.4 Å². The molecule has 0 saturated heterocycles. The second-order valence-corrected chi connectivity index (χ2v) is 8.56. The lowest BCUT2D eigenvalue weighted by Gasteiger charge is -2.13. The van der Waals surface area contributed by atoms with Crippen molar-refractivity contribution in [2.75, 3.05) is 18.4 Å². The van der Waals surface area contributed by atoms with Crippen LogP contribution in [0.2, 0.25) is 0 Å². The molecule has 32 heavy (non-hydrogen) atoms. The van der Waals surface area contributed by atoms with Gasteiger partial charge in [0.2, 0.25) is 5.65 Å². The Balaban J connectivity index is 1.35. The average Bonchev–Trinajstić information content (AvgIpc) is 3.40. The van der Waals surface area contributed by atoms with Gasteiger partial charge < -0.3 is 20.1 Å². The van der Waals surface area contributed by atoms with E-state index in [1.807, 2.05) is 43.4 Å². The Bertz CT molecular complexity index is 1070. The molecule has 0 unspecified atom stereocenters. The van der Waals surface area contributed by atoms with Crippen LogP contribution in [0.25, 0.3) is 16.7 Å². The second kappa shape index (κ2) is 10.0. The van der Waals surface area contributed by atoms with Crippen LogP contribution in [0.4, 0.5) is 10.6 Å². The third-order valence-electron chi connectivity index (χ3n) is 5.57. The van der Waals surface area contributed by atoms with Crippen molar-refractivity contribution in [3.05, 3.63) is 24.0 Å². The highest BCUT2D eigenvalue weighted by molar-refractivity contribution is 5.84. The molecule has 1 aliphatic rings. The van der Waals surface area contributed by atoms with Gasteiger partial charge in [-0.2, -0.15) is 0 Å². The van der Waals surface area contributed by atoms with E-state index in [1.165, 1.54) is 0 Å². The predicted octanol–water partition coefficient (Wildman–Crippen LogP) is 4.23. The van der Waals surface area contributed by atoms with Crippen molar-refractivity contribution < 1.29 is 14.3 Å². The van der Waals surface area contributed by atoms with Crippen molar-refractivity contribution in [2.45, 2.75) is 71.5 Å². The fourth-order valence-corrected chi connectivity index (χ4v) is 4.07. The summed E-state index contributed by atoms with van der Waals surface area (Å²) in [6.45, 7) is 7.23. The van der Waals surface area contributed by atoms with Crippen LogP contribution in [0.15, 0.2) is 18.2 Å². The Kier molecular flexibility index (Phi) is 6.92. The van der Waals surface area contributed by atoms with E-state index < -0.39 is 0 Å². The maximum absolute atomic E-state index is 11.8. The molecule has 0 spiro atoms. The van der Waals surface area contributed by atoms with E-state index in [4.69, 9.17) is 14.5 Å². The number of benzene rings is 1. The lowest BCUT2D eigenvalue weighted by atomic mass is 10.2. The minimum absolute atomic E-state index is 0.0921. The van der Waals surface area contributed by atoms with E-state index in [0.717, 1.165) is 61.1 Å². The van der Waals surface area contributed by atoms with E-state index >= 15 is 0 Å². The molecule has 3 aromatic rings. The number of nitrogens with zero attached hydrogens (tertiary/aromatic N) is 4. The predicted molar refractivity (Wildman–Crippen MR) is 123 cm³/mol. The fraction of sp³-hybridized carbons (Fsp3) is 0.565. The number of hydrogen-bond donors (Lipinski definition) is 2. The summed E-state index contributed by atoms with van der Waals surface area (Å²) in [5.41, 5.74) is 2.46.